The molecule has 0 atom stereocenters. The molecule has 4 rings (SSSR count). The lowest BCUT2D eigenvalue weighted by Crippen LogP contribution is -1.96. The number of hydrogen-bond donors (Lipinski definition) is 0. The van der Waals surface area contributed by atoms with Gasteiger partial charge < -0.3 is 9.26 Å². The highest BCUT2D eigenvalue weighted by Gasteiger charge is 2.16. The Bertz CT molecular complexity index is 1140. The number of ether oxygens (including phenoxy) is 1. The van der Waals surface area contributed by atoms with Gasteiger partial charge in [0, 0.05) is 23.3 Å². The molecule has 28 heavy (non-hydrogen) atoms. The van der Waals surface area contributed by atoms with E-state index in [2.05, 4.69) is 20.3 Å². The summed E-state index contributed by atoms with van der Waals surface area (Å²) >= 11 is 6.09. The van der Waals surface area contributed by atoms with Crippen LogP contribution in [0.15, 0.2) is 57.6 Å². The Hall–Kier alpha value is -3.79. The van der Waals surface area contributed by atoms with E-state index in [0.29, 0.717) is 16.1 Å². The zero-order valence-corrected chi connectivity index (χ0v) is 14.7. The number of benzene rings is 2. The quantitative estimate of drug-likeness (QED) is 0.349. The minimum absolute atomic E-state index is 0.0712. The Labute approximate surface area is 161 Å². The molecule has 0 N–H and O–H groups in total. The molecule has 0 aliphatic carbocycles. The lowest BCUT2D eigenvalue weighted by molar-refractivity contribution is -0.384. The number of halogens is 1. The molecule has 0 spiro atoms. The second-order valence-electron chi connectivity index (χ2n) is 5.47. The SMILES string of the molecule is O=[N+]([O-])c1cccc(-c2noc(COc3nc(-c4ccccc4Cl)no3)n2)c1. The molecule has 140 valence electrons. The van der Waals surface area contributed by atoms with Gasteiger partial charge in [0.2, 0.25) is 11.6 Å². The highest BCUT2D eigenvalue weighted by molar-refractivity contribution is 6.33. The number of hydrogen-bond acceptors (Lipinski definition) is 9. The van der Waals surface area contributed by atoms with Crippen LogP contribution in [0.5, 0.6) is 6.08 Å². The summed E-state index contributed by atoms with van der Waals surface area (Å²) < 4.78 is 15.5. The largest absolute Gasteiger partial charge is 0.439 e. The van der Waals surface area contributed by atoms with Crippen molar-refractivity contribution in [2.45, 2.75) is 6.61 Å². The Morgan fingerprint density at radius 3 is 2.68 bits per heavy atom. The zero-order chi connectivity index (χ0) is 19.5. The van der Waals surface area contributed by atoms with Gasteiger partial charge in [-0.3, -0.25) is 14.6 Å². The lowest BCUT2D eigenvalue weighted by Gasteiger charge is -1.96. The van der Waals surface area contributed by atoms with E-state index < -0.39 is 4.92 Å². The summed E-state index contributed by atoms with van der Waals surface area (Å²) in [6, 6.07) is 12.9. The third kappa shape index (κ3) is 3.67. The van der Waals surface area contributed by atoms with Gasteiger partial charge in [-0.05, 0) is 12.1 Å². The fraction of sp³-hybridized carbons (Fsp3) is 0.0588. The van der Waals surface area contributed by atoms with Crippen LogP contribution in [-0.2, 0) is 6.61 Å². The molecular weight excluding hydrogens is 390 g/mol. The van der Waals surface area contributed by atoms with Crippen LogP contribution < -0.4 is 4.74 Å². The number of nitrogens with zero attached hydrogens (tertiary/aromatic N) is 5. The zero-order valence-electron chi connectivity index (χ0n) is 14.0. The van der Waals surface area contributed by atoms with Gasteiger partial charge in [-0.15, -0.1) is 0 Å². The molecule has 0 amide bonds. The van der Waals surface area contributed by atoms with Crippen LogP contribution in [0, 0.1) is 10.1 Å². The Morgan fingerprint density at radius 1 is 1.04 bits per heavy atom. The molecule has 0 saturated heterocycles. The summed E-state index contributed by atoms with van der Waals surface area (Å²) in [4.78, 5) is 18.6. The average Bonchev–Trinajstić information content (AvgIpc) is 3.36. The smallest absolute Gasteiger partial charge is 0.418 e. The number of non-ortho nitro benzene ring substituents is 1. The lowest BCUT2D eigenvalue weighted by atomic mass is 10.2. The van der Waals surface area contributed by atoms with Crippen LogP contribution in [0.1, 0.15) is 5.89 Å². The summed E-state index contributed by atoms with van der Waals surface area (Å²) in [5, 5.41) is 18.9. The van der Waals surface area contributed by atoms with Crippen molar-refractivity contribution < 1.29 is 18.7 Å². The second kappa shape index (κ2) is 7.45. The standard InChI is InChI=1S/C17H10ClN5O5/c18-13-7-2-1-6-12(13)16-20-17(28-22-16)26-9-14-19-15(21-27-14)10-4-3-5-11(8-10)23(24)25/h1-8H,9H2. The van der Waals surface area contributed by atoms with Crippen molar-refractivity contribution in [2.24, 2.45) is 0 Å². The van der Waals surface area contributed by atoms with E-state index in [-0.39, 0.29) is 35.9 Å². The third-order valence-corrected chi connectivity index (χ3v) is 3.95. The average molecular weight is 400 g/mol. The second-order valence-corrected chi connectivity index (χ2v) is 5.88. The molecule has 0 unspecified atom stereocenters. The number of rotatable bonds is 6. The summed E-state index contributed by atoms with van der Waals surface area (Å²) in [6.07, 6.45) is -0.0926. The molecule has 11 heteroatoms. The Balaban J connectivity index is 1.45. The first-order valence-corrected chi connectivity index (χ1v) is 8.27. The molecule has 0 saturated carbocycles. The van der Waals surface area contributed by atoms with E-state index in [1.165, 1.54) is 18.2 Å². The van der Waals surface area contributed by atoms with Gasteiger partial charge in [0.25, 0.3) is 11.6 Å². The van der Waals surface area contributed by atoms with E-state index in [9.17, 15) is 10.1 Å². The molecule has 0 fully saturated rings. The van der Waals surface area contributed by atoms with Gasteiger partial charge in [-0.1, -0.05) is 46.2 Å². The van der Waals surface area contributed by atoms with E-state index in [4.69, 9.17) is 25.4 Å². The highest BCUT2D eigenvalue weighted by Crippen LogP contribution is 2.26. The topological polar surface area (TPSA) is 130 Å². The first kappa shape index (κ1) is 17.6. The van der Waals surface area contributed by atoms with Crippen molar-refractivity contribution in [1.82, 2.24) is 20.3 Å². The summed E-state index contributed by atoms with van der Waals surface area (Å²) in [5.41, 5.74) is 0.981. The van der Waals surface area contributed by atoms with Crippen molar-refractivity contribution >= 4 is 17.3 Å². The van der Waals surface area contributed by atoms with E-state index in [1.54, 1.807) is 30.3 Å². The number of nitro groups is 1. The molecule has 2 aromatic carbocycles. The third-order valence-electron chi connectivity index (χ3n) is 3.62. The van der Waals surface area contributed by atoms with Crippen molar-refractivity contribution in [2.75, 3.05) is 0 Å². The van der Waals surface area contributed by atoms with Crippen LogP contribution in [-0.4, -0.2) is 25.2 Å². The van der Waals surface area contributed by atoms with Gasteiger partial charge in [-0.2, -0.15) is 9.97 Å². The maximum atomic E-state index is 10.9. The van der Waals surface area contributed by atoms with Crippen LogP contribution >= 0.6 is 11.6 Å². The molecule has 0 aliphatic rings. The Kier molecular flexibility index (Phi) is 4.68. The van der Waals surface area contributed by atoms with Crippen LogP contribution in [0.2, 0.25) is 5.02 Å². The highest BCUT2D eigenvalue weighted by atomic mass is 35.5. The minimum atomic E-state index is -0.500. The Morgan fingerprint density at radius 2 is 1.86 bits per heavy atom. The molecule has 2 aromatic heterocycles. The first-order chi connectivity index (χ1) is 13.6. The van der Waals surface area contributed by atoms with E-state index in [1.807, 2.05) is 0 Å². The van der Waals surface area contributed by atoms with E-state index >= 15 is 0 Å². The van der Waals surface area contributed by atoms with E-state index in [0.717, 1.165) is 0 Å². The fourth-order valence-electron chi connectivity index (χ4n) is 2.33. The molecule has 10 nitrogen and oxygen atoms in total. The monoisotopic (exact) mass is 399 g/mol. The predicted molar refractivity (Wildman–Crippen MR) is 95.5 cm³/mol. The normalized spacial score (nSPS) is 10.8. The first-order valence-electron chi connectivity index (χ1n) is 7.89. The van der Waals surface area contributed by atoms with Gasteiger partial charge in [-0.25, -0.2) is 0 Å². The number of nitro benzene ring substituents is 1. The van der Waals surface area contributed by atoms with Gasteiger partial charge in [0.05, 0.1) is 9.95 Å². The van der Waals surface area contributed by atoms with Gasteiger partial charge >= 0.3 is 6.08 Å². The summed E-state index contributed by atoms with van der Waals surface area (Å²) in [6.45, 7) is -0.119. The maximum Gasteiger partial charge on any atom is 0.418 e. The molecule has 0 aliphatic heterocycles. The molecule has 2 heterocycles. The van der Waals surface area contributed by atoms with Gasteiger partial charge in [0.1, 0.15) is 0 Å². The van der Waals surface area contributed by atoms with Crippen molar-refractivity contribution in [3.8, 4) is 28.9 Å². The van der Waals surface area contributed by atoms with Crippen LogP contribution in [0.25, 0.3) is 22.8 Å². The van der Waals surface area contributed by atoms with Crippen molar-refractivity contribution in [3.05, 3.63) is 69.6 Å². The summed E-state index contributed by atoms with van der Waals surface area (Å²) in [5.74, 6) is 0.618. The molecule has 4 aromatic rings. The van der Waals surface area contributed by atoms with Gasteiger partial charge in [0.15, 0.2) is 6.61 Å². The van der Waals surface area contributed by atoms with Crippen molar-refractivity contribution in [1.29, 1.82) is 0 Å². The summed E-state index contributed by atoms with van der Waals surface area (Å²) in [7, 11) is 0. The molecule has 0 bridgehead atoms. The fourth-order valence-corrected chi connectivity index (χ4v) is 2.55. The minimum Gasteiger partial charge on any atom is -0.439 e. The molecule has 0 radical (unpaired) electrons. The van der Waals surface area contributed by atoms with Crippen molar-refractivity contribution in [3.63, 3.8) is 0 Å². The van der Waals surface area contributed by atoms with Crippen LogP contribution in [0.3, 0.4) is 0 Å². The van der Waals surface area contributed by atoms with Crippen LogP contribution in [0.4, 0.5) is 5.69 Å². The maximum absolute atomic E-state index is 10.9. The number of aromatic nitrogens is 4. The predicted octanol–water partition coefficient (Wildman–Crippen LogP) is 3.93. The molecular formula is C17H10ClN5O5.